The highest BCUT2D eigenvalue weighted by Crippen LogP contribution is 2.34. The lowest BCUT2D eigenvalue weighted by molar-refractivity contribution is -0.146. The molecule has 0 aliphatic rings. The van der Waals surface area contributed by atoms with E-state index in [0.717, 1.165) is 6.92 Å². The topological polar surface area (TPSA) is 30.2 Å². The summed E-state index contributed by atoms with van der Waals surface area (Å²) in [4.78, 5) is 8.26. The van der Waals surface area contributed by atoms with Gasteiger partial charge in [0.25, 0.3) is 0 Å². The molecule has 3 nitrogen and oxygen atoms in total. The Hall–Kier alpha value is -1.96. The van der Waals surface area contributed by atoms with Crippen molar-refractivity contribution in [2.45, 2.75) is 19.0 Å². The molecule has 3 aromatic rings. The Morgan fingerprint density at radius 3 is 2.61 bits per heavy atom. The van der Waals surface area contributed by atoms with E-state index < -0.39 is 17.9 Å². The summed E-state index contributed by atoms with van der Waals surface area (Å²) in [6.07, 6.45) is -1.53. The predicted octanol–water partition coefficient (Wildman–Crippen LogP) is 4.96. The summed E-state index contributed by atoms with van der Waals surface area (Å²) >= 11 is 3.10. The van der Waals surface area contributed by atoms with Crippen molar-refractivity contribution in [3.63, 3.8) is 0 Å². The maximum absolute atomic E-state index is 13.5. The smallest absolute Gasteiger partial charge is 0.298 e. The number of fused-ring (bicyclic) bond motifs is 1. The van der Waals surface area contributed by atoms with Gasteiger partial charge in [-0.1, -0.05) is 6.07 Å². The van der Waals surface area contributed by atoms with E-state index in [0.29, 0.717) is 15.9 Å². The van der Waals surface area contributed by atoms with Crippen molar-refractivity contribution in [1.29, 1.82) is 0 Å². The van der Waals surface area contributed by atoms with Crippen molar-refractivity contribution in [3.05, 3.63) is 52.6 Å². The van der Waals surface area contributed by atoms with Gasteiger partial charge in [0.05, 0.1) is 23.5 Å². The third-order valence-corrected chi connectivity index (χ3v) is 3.95. The highest BCUT2D eigenvalue weighted by molar-refractivity contribution is 9.10. The molecule has 0 aliphatic heterocycles. The van der Waals surface area contributed by atoms with Gasteiger partial charge in [0, 0.05) is 18.3 Å². The molecule has 0 fully saturated rings. The highest BCUT2D eigenvalue weighted by Gasteiger charge is 2.37. The molecule has 1 unspecified atom stereocenters. The lowest BCUT2D eigenvalue weighted by Gasteiger charge is -2.16. The normalized spacial score (nSPS) is 13.5. The molecule has 1 atom stereocenters. The van der Waals surface area contributed by atoms with E-state index in [-0.39, 0.29) is 11.3 Å². The Balaban J connectivity index is 2.15. The van der Waals surface area contributed by atoms with E-state index in [2.05, 4.69) is 25.9 Å². The molecule has 0 amide bonds. The number of pyridine rings is 2. The molecule has 120 valence electrons. The quantitative estimate of drug-likeness (QED) is 0.459. The third-order valence-electron chi connectivity index (χ3n) is 3.54. The number of aromatic nitrogens is 3. The van der Waals surface area contributed by atoms with Gasteiger partial charge in [-0.15, -0.1) is 0 Å². The van der Waals surface area contributed by atoms with Crippen LogP contribution < -0.4 is 0 Å². The lowest BCUT2D eigenvalue weighted by Crippen LogP contribution is -2.18. The molecule has 3 rings (SSSR count). The van der Waals surface area contributed by atoms with Gasteiger partial charge >= 0.3 is 6.18 Å². The fourth-order valence-corrected chi connectivity index (χ4v) is 2.64. The number of hydrogen-bond donors (Lipinski definition) is 0. The number of halogens is 5. The zero-order chi connectivity index (χ0) is 16.8. The predicted molar refractivity (Wildman–Crippen MR) is 80.6 cm³/mol. The van der Waals surface area contributed by atoms with Gasteiger partial charge < -0.3 is 0 Å². The average molecular weight is 388 g/mol. The second kappa shape index (κ2) is 5.59. The van der Waals surface area contributed by atoms with Crippen LogP contribution in [0, 0.1) is 5.82 Å². The van der Waals surface area contributed by atoms with Crippen molar-refractivity contribution in [2.24, 2.45) is 0 Å². The lowest BCUT2D eigenvalue weighted by atomic mass is 10.0. The highest BCUT2D eigenvalue weighted by atomic mass is 79.9. The van der Waals surface area contributed by atoms with Crippen molar-refractivity contribution >= 4 is 21.6 Å². The first kappa shape index (κ1) is 15.9. The maximum Gasteiger partial charge on any atom is 0.395 e. The summed E-state index contributed by atoms with van der Waals surface area (Å²) in [7, 11) is 0. The number of hydrogen-bond acceptors (Lipinski definition) is 2. The van der Waals surface area contributed by atoms with Crippen molar-refractivity contribution in [1.82, 2.24) is 14.4 Å². The molecule has 0 radical (unpaired) electrons. The van der Waals surface area contributed by atoms with Crippen LogP contribution in [-0.4, -0.2) is 20.5 Å². The van der Waals surface area contributed by atoms with E-state index in [1.165, 1.54) is 41.1 Å². The van der Waals surface area contributed by atoms with Crippen LogP contribution in [0.2, 0.25) is 0 Å². The van der Waals surface area contributed by atoms with Gasteiger partial charge in [-0.2, -0.15) is 13.2 Å². The van der Waals surface area contributed by atoms with E-state index >= 15 is 0 Å². The fraction of sp³-hybridized carbons (Fsp3) is 0.200. The van der Waals surface area contributed by atoms with Crippen LogP contribution in [0.4, 0.5) is 17.6 Å². The Morgan fingerprint density at radius 1 is 1.22 bits per heavy atom. The summed E-state index contributed by atoms with van der Waals surface area (Å²) in [5.41, 5.74) is 1.25. The number of rotatable bonds is 2. The summed E-state index contributed by atoms with van der Waals surface area (Å²) in [5, 5.41) is 0. The van der Waals surface area contributed by atoms with E-state index in [9.17, 15) is 17.6 Å². The van der Waals surface area contributed by atoms with E-state index in [1.807, 2.05) is 0 Å². The minimum absolute atomic E-state index is 0.0970. The van der Waals surface area contributed by atoms with Crippen LogP contribution in [0.5, 0.6) is 0 Å². The molecule has 0 aliphatic carbocycles. The molecule has 0 aromatic carbocycles. The monoisotopic (exact) mass is 387 g/mol. The zero-order valence-corrected chi connectivity index (χ0v) is 13.4. The number of imidazole rings is 1. The van der Waals surface area contributed by atoms with Crippen molar-refractivity contribution in [2.75, 3.05) is 0 Å². The molecular formula is C15H10BrF4N3. The fourth-order valence-electron chi connectivity index (χ4n) is 2.23. The largest absolute Gasteiger partial charge is 0.395 e. The first-order valence-electron chi connectivity index (χ1n) is 6.63. The minimum atomic E-state index is -4.34. The third kappa shape index (κ3) is 3.08. The van der Waals surface area contributed by atoms with E-state index in [4.69, 9.17) is 0 Å². The van der Waals surface area contributed by atoms with Crippen LogP contribution >= 0.6 is 15.9 Å². The zero-order valence-electron chi connectivity index (χ0n) is 11.8. The van der Waals surface area contributed by atoms with Crippen LogP contribution in [-0.2, 0) is 0 Å². The second-order valence-corrected chi connectivity index (χ2v) is 5.90. The first-order chi connectivity index (χ1) is 10.8. The standard InChI is InChI=1S/C15H10BrF4N3/c1-8(15(18,19)20)9-2-3-14-21-6-12(23(14)7-9)11-4-10(17)5-13(16)22-11/h2-8H,1H3. The SMILES string of the molecule is CC(c1ccc2ncc(-c3cc(F)cc(Br)n3)n2c1)C(F)(F)F. The summed E-state index contributed by atoms with van der Waals surface area (Å²) in [5.74, 6) is -2.12. The van der Waals surface area contributed by atoms with Gasteiger partial charge in [-0.3, -0.25) is 4.40 Å². The average Bonchev–Trinajstić information content (AvgIpc) is 2.87. The van der Waals surface area contributed by atoms with Crippen LogP contribution in [0.3, 0.4) is 0 Å². The van der Waals surface area contributed by atoms with E-state index in [1.54, 1.807) is 0 Å². The molecule has 0 saturated carbocycles. The van der Waals surface area contributed by atoms with Crippen molar-refractivity contribution in [3.8, 4) is 11.4 Å². The van der Waals surface area contributed by atoms with Crippen LogP contribution in [0.25, 0.3) is 17.0 Å². The van der Waals surface area contributed by atoms with Gasteiger partial charge in [-0.05, 0) is 34.5 Å². The molecule has 0 bridgehead atoms. The maximum atomic E-state index is 13.5. The Bertz CT molecular complexity index is 853. The molecule has 0 N–H and O–H groups in total. The van der Waals surface area contributed by atoms with Crippen LogP contribution in [0.15, 0.2) is 41.3 Å². The Labute approximate surface area is 137 Å². The molecule has 3 heterocycles. The number of nitrogens with zero attached hydrogens (tertiary/aromatic N) is 3. The molecule has 0 spiro atoms. The van der Waals surface area contributed by atoms with Gasteiger partial charge in [0.2, 0.25) is 0 Å². The van der Waals surface area contributed by atoms with Crippen molar-refractivity contribution < 1.29 is 17.6 Å². The first-order valence-corrected chi connectivity index (χ1v) is 7.42. The molecular weight excluding hydrogens is 378 g/mol. The molecule has 0 saturated heterocycles. The molecule has 8 heteroatoms. The second-order valence-electron chi connectivity index (χ2n) is 5.09. The Kier molecular flexibility index (Phi) is 3.87. The summed E-state index contributed by atoms with van der Waals surface area (Å²) in [6.45, 7) is 1.09. The van der Waals surface area contributed by atoms with Gasteiger partial charge in [0.1, 0.15) is 16.1 Å². The Morgan fingerprint density at radius 2 is 1.96 bits per heavy atom. The summed E-state index contributed by atoms with van der Waals surface area (Å²) < 4.78 is 54.0. The summed E-state index contributed by atoms with van der Waals surface area (Å²) in [6, 6.07) is 5.28. The molecule has 3 aromatic heterocycles. The number of alkyl halides is 3. The molecule has 23 heavy (non-hydrogen) atoms. The minimum Gasteiger partial charge on any atom is -0.298 e. The van der Waals surface area contributed by atoms with Gasteiger partial charge in [-0.25, -0.2) is 14.4 Å². The van der Waals surface area contributed by atoms with Crippen LogP contribution in [0.1, 0.15) is 18.4 Å². The van der Waals surface area contributed by atoms with Gasteiger partial charge in [0.15, 0.2) is 0 Å².